The summed E-state index contributed by atoms with van der Waals surface area (Å²) in [5.74, 6) is 1.04. The number of anilines is 1. The molecule has 0 saturated heterocycles. The van der Waals surface area contributed by atoms with Crippen molar-refractivity contribution in [2.24, 2.45) is 5.10 Å². The molecule has 12 heteroatoms. The number of nitro groups is 2. The Morgan fingerprint density at radius 1 is 1.09 bits per heavy atom. The molecule has 0 aliphatic carbocycles. The summed E-state index contributed by atoms with van der Waals surface area (Å²) in [6, 6.07) is 14.1. The van der Waals surface area contributed by atoms with E-state index in [-0.39, 0.29) is 11.4 Å². The number of benzene rings is 3. The van der Waals surface area contributed by atoms with E-state index in [1.54, 1.807) is 24.3 Å². The molecule has 0 unspecified atom stereocenters. The van der Waals surface area contributed by atoms with Gasteiger partial charge in [-0.15, -0.1) is 0 Å². The summed E-state index contributed by atoms with van der Waals surface area (Å²) < 4.78 is 12.1. The van der Waals surface area contributed by atoms with Gasteiger partial charge in [0, 0.05) is 11.1 Å². The van der Waals surface area contributed by atoms with E-state index in [2.05, 4.69) is 33.1 Å². The Hall–Kier alpha value is -3.45. The number of rotatable bonds is 9. The standard InChI is InChI=1S/C21H16ClIN4O6/c1-32-20-9-14(8-17(23)21(20)33-12-13-2-4-15(22)5-3-13)11-24-25-18-7-6-16(26(28)29)10-19(18)27(30)31/h2-11,25H,12H2,1H3/b24-11-. The van der Waals surface area contributed by atoms with Gasteiger partial charge in [-0.2, -0.15) is 5.10 Å². The minimum Gasteiger partial charge on any atom is -0.493 e. The minimum atomic E-state index is -0.719. The first-order valence-electron chi connectivity index (χ1n) is 9.25. The summed E-state index contributed by atoms with van der Waals surface area (Å²) in [6.07, 6.45) is 1.44. The molecule has 0 radical (unpaired) electrons. The van der Waals surface area contributed by atoms with Crippen LogP contribution in [0.4, 0.5) is 17.1 Å². The highest BCUT2D eigenvalue weighted by Gasteiger charge is 2.19. The summed E-state index contributed by atoms with van der Waals surface area (Å²) in [7, 11) is 1.51. The fraction of sp³-hybridized carbons (Fsp3) is 0.0952. The lowest BCUT2D eigenvalue weighted by Crippen LogP contribution is -2.01. The van der Waals surface area contributed by atoms with Crippen molar-refractivity contribution < 1.29 is 19.3 Å². The van der Waals surface area contributed by atoms with Gasteiger partial charge in [0.15, 0.2) is 11.5 Å². The lowest BCUT2D eigenvalue weighted by molar-refractivity contribution is -0.393. The van der Waals surface area contributed by atoms with Gasteiger partial charge in [-0.25, -0.2) is 0 Å². The van der Waals surface area contributed by atoms with Gasteiger partial charge in [0.2, 0.25) is 0 Å². The fourth-order valence-corrected chi connectivity index (χ4v) is 3.65. The molecule has 0 aliphatic heterocycles. The second kappa shape index (κ2) is 10.9. The molecule has 1 N–H and O–H groups in total. The van der Waals surface area contributed by atoms with E-state index < -0.39 is 15.5 Å². The van der Waals surface area contributed by atoms with E-state index in [0.29, 0.717) is 28.7 Å². The Kier molecular flexibility index (Phi) is 8.01. The number of nitrogens with zero attached hydrogens (tertiary/aromatic N) is 3. The summed E-state index contributed by atoms with van der Waals surface area (Å²) in [6.45, 7) is 0.322. The van der Waals surface area contributed by atoms with Crippen molar-refractivity contribution in [2.45, 2.75) is 6.61 Å². The lowest BCUT2D eigenvalue weighted by Gasteiger charge is -2.13. The van der Waals surface area contributed by atoms with Crippen LogP contribution in [-0.2, 0) is 6.61 Å². The predicted octanol–water partition coefficient (Wildman–Crippen LogP) is 5.79. The van der Waals surface area contributed by atoms with Crippen LogP contribution in [0.15, 0.2) is 59.7 Å². The lowest BCUT2D eigenvalue weighted by atomic mass is 10.2. The first-order valence-corrected chi connectivity index (χ1v) is 10.7. The molecule has 0 aliphatic rings. The molecule has 0 amide bonds. The van der Waals surface area contributed by atoms with Crippen molar-refractivity contribution in [3.63, 3.8) is 0 Å². The molecule has 0 saturated carbocycles. The van der Waals surface area contributed by atoms with Crippen LogP contribution in [0.5, 0.6) is 11.5 Å². The van der Waals surface area contributed by atoms with Crippen LogP contribution in [-0.4, -0.2) is 23.2 Å². The van der Waals surface area contributed by atoms with Crippen LogP contribution in [0.2, 0.25) is 5.02 Å². The zero-order valence-electron chi connectivity index (χ0n) is 17.0. The van der Waals surface area contributed by atoms with Gasteiger partial charge in [0.05, 0.1) is 32.8 Å². The Balaban J connectivity index is 1.76. The predicted molar refractivity (Wildman–Crippen MR) is 132 cm³/mol. The highest BCUT2D eigenvalue weighted by Crippen LogP contribution is 2.34. The van der Waals surface area contributed by atoms with Crippen molar-refractivity contribution in [1.82, 2.24) is 0 Å². The molecule has 0 heterocycles. The van der Waals surface area contributed by atoms with Crippen LogP contribution in [0.3, 0.4) is 0 Å². The zero-order chi connectivity index (χ0) is 24.0. The maximum atomic E-state index is 11.2. The number of hydrogen-bond acceptors (Lipinski definition) is 8. The van der Waals surface area contributed by atoms with E-state index in [9.17, 15) is 20.2 Å². The van der Waals surface area contributed by atoms with Crippen LogP contribution in [0.1, 0.15) is 11.1 Å². The summed E-state index contributed by atoms with van der Waals surface area (Å²) in [5.41, 5.74) is 3.32. The third-order valence-electron chi connectivity index (χ3n) is 4.34. The van der Waals surface area contributed by atoms with Gasteiger partial charge in [0.25, 0.3) is 5.69 Å². The highest BCUT2D eigenvalue weighted by atomic mass is 127. The largest absolute Gasteiger partial charge is 0.493 e. The zero-order valence-corrected chi connectivity index (χ0v) is 19.9. The first-order chi connectivity index (χ1) is 15.8. The van der Waals surface area contributed by atoms with Crippen molar-refractivity contribution in [2.75, 3.05) is 12.5 Å². The monoisotopic (exact) mass is 582 g/mol. The molecular weight excluding hydrogens is 567 g/mol. The second-order valence-corrected chi connectivity index (χ2v) is 8.13. The molecule has 3 aromatic rings. The summed E-state index contributed by atoms with van der Waals surface area (Å²) >= 11 is 8.01. The number of halogens is 2. The number of hydrogen-bond donors (Lipinski definition) is 1. The number of nitrogens with one attached hydrogen (secondary N) is 1. The third-order valence-corrected chi connectivity index (χ3v) is 5.39. The van der Waals surface area contributed by atoms with Gasteiger partial charge < -0.3 is 9.47 Å². The van der Waals surface area contributed by atoms with E-state index in [4.69, 9.17) is 21.1 Å². The Labute approximate surface area is 206 Å². The molecule has 0 atom stereocenters. The molecule has 0 bridgehead atoms. The summed E-state index contributed by atoms with van der Waals surface area (Å²) in [5, 5.41) is 26.7. The number of hydrazone groups is 1. The number of nitro benzene ring substituents is 2. The van der Waals surface area contributed by atoms with Gasteiger partial charge in [0.1, 0.15) is 12.3 Å². The fourth-order valence-electron chi connectivity index (χ4n) is 2.75. The molecule has 0 aromatic heterocycles. The number of ether oxygens (including phenoxy) is 2. The first kappa shape index (κ1) is 24.2. The topological polar surface area (TPSA) is 129 Å². The molecule has 0 fully saturated rings. The highest BCUT2D eigenvalue weighted by molar-refractivity contribution is 14.1. The number of non-ortho nitro benzene ring substituents is 1. The van der Waals surface area contributed by atoms with Gasteiger partial charge in [-0.1, -0.05) is 23.7 Å². The Bertz CT molecular complexity index is 1220. The molecule has 3 aromatic carbocycles. The van der Waals surface area contributed by atoms with Crippen molar-refractivity contribution in [3.05, 3.63) is 94.5 Å². The SMILES string of the molecule is COc1cc(/C=N\Nc2ccc([N+](=O)[O-])cc2[N+](=O)[O-])cc(I)c1OCc1ccc(Cl)cc1. The van der Waals surface area contributed by atoms with Crippen molar-refractivity contribution in [1.29, 1.82) is 0 Å². The third kappa shape index (κ3) is 6.29. The molecule has 10 nitrogen and oxygen atoms in total. The van der Waals surface area contributed by atoms with E-state index in [0.717, 1.165) is 21.3 Å². The quantitative estimate of drug-likeness (QED) is 0.146. The Morgan fingerprint density at radius 3 is 2.45 bits per heavy atom. The molecule has 170 valence electrons. The van der Waals surface area contributed by atoms with Gasteiger partial charge >= 0.3 is 5.69 Å². The van der Waals surface area contributed by atoms with E-state index in [1.807, 2.05) is 12.1 Å². The summed E-state index contributed by atoms with van der Waals surface area (Å²) in [4.78, 5) is 20.7. The normalized spacial score (nSPS) is 10.8. The smallest absolute Gasteiger partial charge is 0.301 e. The van der Waals surface area contributed by atoms with E-state index in [1.165, 1.54) is 19.4 Å². The van der Waals surface area contributed by atoms with Gasteiger partial charge in [-0.3, -0.25) is 25.7 Å². The van der Waals surface area contributed by atoms with Crippen molar-refractivity contribution >= 4 is 57.5 Å². The van der Waals surface area contributed by atoms with Crippen LogP contribution in [0, 0.1) is 23.8 Å². The molecule has 33 heavy (non-hydrogen) atoms. The van der Waals surface area contributed by atoms with Gasteiger partial charge in [-0.05, 0) is 64.0 Å². The average molecular weight is 583 g/mol. The molecule has 3 rings (SSSR count). The van der Waals surface area contributed by atoms with Crippen LogP contribution in [0.25, 0.3) is 0 Å². The van der Waals surface area contributed by atoms with E-state index >= 15 is 0 Å². The second-order valence-electron chi connectivity index (χ2n) is 6.53. The maximum Gasteiger partial charge on any atom is 0.301 e. The van der Waals surface area contributed by atoms with Crippen LogP contribution < -0.4 is 14.9 Å². The Morgan fingerprint density at radius 2 is 1.82 bits per heavy atom. The number of methoxy groups -OCH3 is 1. The maximum absolute atomic E-state index is 11.2. The van der Waals surface area contributed by atoms with Crippen molar-refractivity contribution in [3.8, 4) is 11.5 Å². The minimum absolute atomic E-state index is 0.0198. The molecule has 0 spiro atoms. The van der Waals surface area contributed by atoms with Crippen LogP contribution >= 0.6 is 34.2 Å². The molecular formula is C21H16ClIN4O6. The average Bonchev–Trinajstić information content (AvgIpc) is 2.79.